The van der Waals surface area contributed by atoms with Crippen molar-refractivity contribution in [1.82, 2.24) is 5.32 Å². The van der Waals surface area contributed by atoms with E-state index in [0.717, 1.165) is 35.6 Å². The van der Waals surface area contributed by atoms with Gasteiger partial charge in [0.15, 0.2) is 15.0 Å². The van der Waals surface area contributed by atoms with Gasteiger partial charge in [-0.2, -0.15) is 4.99 Å². The van der Waals surface area contributed by atoms with Crippen LogP contribution in [-0.2, 0) is 25.8 Å². The molecule has 2 heterocycles. The lowest BCUT2D eigenvalue weighted by Gasteiger charge is -2.28. The van der Waals surface area contributed by atoms with Gasteiger partial charge >= 0.3 is 6.09 Å². The Morgan fingerprint density at radius 2 is 1.80 bits per heavy atom. The topological polar surface area (TPSA) is 108 Å². The lowest BCUT2D eigenvalue weighted by molar-refractivity contribution is -0.119. The number of carbonyl (C=O) groups excluding carboxylic acids is 2. The van der Waals surface area contributed by atoms with Crippen molar-refractivity contribution in [3.63, 3.8) is 0 Å². The first-order valence-corrected chi connectivity index (χ1v) is 16.7. The molecule has 0 aromatic heterocycles. The van der Waals surface area contributed by atoms with Crippen LogP contribution in [0, 0.1) is 6.92 Å². The number of hydrogen-bond acceptors (Lipinski definition) is 7. The summed E-state index contributed by atoms with van der Waals surface area (Å²) in [7, 11) is -3.22. The van der Waals surface area contributed by atoms with Gasteiger partial charge in [-0.05, 0) is 70.9 Å². The van der Waals surface area contributed by atoms with Gasteiger partial charge in [-0.3, -0.25) is 4.79 Å². The van der Waals surface area contributed by atoms with E-state index in [0.29, 0.717) is 5.17 Å². The zero-order valence-electron chi connectivity index (χ0n) is 24.6. The van der Waals surface area contributed by atoms with E-state index in [-0.39, 0.29) is 29.2 Å². The van der Waals surface area contributed by atoms with Crippen molar-refractivity contribution in [1.29, 1.82) is 0 Å². The maximum Gasteiger partial charge on any atom is 0.408 e. The van der Waals surface area contributed by atoms with Crippen LogP contribution in [-0.4, -0.2) is 73.1 Å². The average molecular weight is 601 g/mol. The predicted octanol–water partition coefficient (Wildman–Crippen LogP) is 4.58. The van der Waals surface area contributed by atoms with Gasteiger partial charge in [-0.15, -0.1) is 0 Å². The van der Waals surface area contributed by atoms with E-state index in [2.05, 4.69) is 35.1 Å². The molecule has 0 bridgehead atoms. The minimum Gasteiger partial charge on any atom is -0.444 e. The van der Waals surface area contributed by atoms with Gasteiger partial charge in [0, 0.05) is 36.1 Å². The number of nitrogens with zero attached hydrogens (tertiary/aromatic N) is 3. The van der Waals surface area contributed by atoms with Crippen LogP contribution in [0.25, 0.3) is 0 Å². The highest BCUT2D eigenvalue weighted by molar-refractivity contribution is 8.16. The maximum atomic E-state index is 13.7. The zero-order chi connectivity index (χ0) is 29.9. The molecule has 11 heteroatoms. The number of hydrogen-bond donors (Lipinski definition) is 1. The van der Waals surface area contributed by atoms with Crippen molar-refractivity contribution in [3.8, 4) is 0 Å². The third-order valence-corrected chi connectivity index (χ3v) is 10.3. The second-order valence-electron chi connectivity index (χ2n) is 11.4. The second kappa shape index (κ2) is 12.4. The first-order chi connectivity index (χ1) is 19.3. The molecule has 3 atom stereocenters. The summed E-state index contributed by atoms with van der Waals surface area (Å²) in [5, 5.41) is 2.92. The monoisotopic (exact) mass is 600 g/mol. The van der Waals surface area contributed by atoms with Gasteiger partial charge in [0.2, 0.25) is 0 Å². The van der Waals surface area contributed by atoms with Crippen molar-refractivity contribution in [3.05, 3.63) is 59.7 Å². The van der Waals surface area contributed by atoms with Crippen LogP contribution < -0.4 is 15.1 Å². The Hall–Kier alpha value is -3.05. The number of alkyl carbamates (subject to hydrolysis) is 1. The van der Waals surface area contributed by atoms with E-state index in [1.165, 1.54) is 11.8 Å². The standard InChI is InChI=1S/C30H40N4O5S2/c1-7-33(8-2)22-14-15-24(20(3)16-22)34-25-18-41(37,38)19-26(25)40-28(34)32-27(35)23(17-21-12-10-9-11-13-21)31-29(36)39-30(4,5)6/h9-16,23,25-26H,7-8,17-19H2,1-6H3,(H,31,36)/t23-,25-,26-/m1/s1. The van der Waals surface area contributed by atoms with Gasteiger partial charge in [-0.1, -0.05) is 42.1 Å². The van der Waals surface area contributed by atoms with Crippen LogP contribution in [0.5, 0.6) is 0 Å². The number of rotatable bonds is 8. The van der Waals surface area contributed by atoms with Crippen LogP contribution in [0.1, 0.15) is 45.7 Å². The molecule has 222 valence electrons. The molecule has 2 aliphatic rings. The number of sulfone groups is 1. The number of ether oxygens (including phenoxy) is 1. The normalized spacial score (nSPS) is 21.4. The summed E-state index contributed by atoms with van der Waals surface area (Å²) >= 11 is 1.32. The molecule has 0 spiro atoms. The maximum absolute atomic E-state index is 13.7. The number of nitrogens with one attached hydrogen (secondary N) is 1. The summed E-state index contributed by atoms with van der Waals surface area (Å²) in [5.74, 6) is -0.488. The third-order valence-electron chi connectivity index (χ3n) is 7.11. The van der Waals surface area contributed by atoms with E-state index in [9.17, 15) is 18.0 Å². The Morgan fingerprint density at radius 1 is 1.12 bits per heavy atom. The fourth-order valence-electron chi connectivity index (χ4n) is 5.21. The number of carbonyl (C=O) groups is 2. The predicted molar refractivity (Wildman–Crippen MR) is 167 cm³/mol. The van der Waals surface area contributed by atoms with Crippen LogP contribution in [0.15, 0.2) is 53.5 Å². The molecular formula is C30H40N4O5S2. The number of aliphatic imine (C=N–C) groups is 1. The molecular weight excluding hydrogens is 560 g/mol. The summed E-state index contributed by atoms with van der Waals surface area (Å²) in [5.41, 5.74) is 3.00. The number of amidine groups is 1. The number of anilines is 2. The van der Waals surface area contributed by atoms with Gasteiger partial charge in [0.05, 0.1) is 17.5 Å². The summed E-state index contributed by atoms with van der Waals surface area (Å²) in [6.07, 6.45) is -0.465. The van der Waals surface area contributed by atoms with Crippen molar-refractivity contribution >= 4 is 50.1 Å². The van der Waals surface area contributed by atoms with Crippen molar-refractivity contribution in [2.75, 3.05) is 34.4 Å². The van der Waals surface area contributed by atoms with Crippen molar-refractivity contribution in [2.45, 2.75) is 70.9 Å². The highest BCUT2D eigenvalue weighted by Gasteiger charge is 2.50. The average Bonchev–Trinajstić information content (AvgIpc) is 3.34. The van der Waals surface area contributed by atoms with Crippen LogP contribution in [0.2, 0.25) is 0 Å². The molecule has 1 N–H and O–H groups in total. The Bertz CT molecular complexity index is 1400. The number of thioether (sulfide) groups is 1. The molecule has 9 nitrogen and oxygen atoms in total. The molecule has 2 aromatic rings. The summed E-state index contributed by atoms with van der Waals surface area (Å²) < 4.78 is 30.6. The van der Waals surface area contributed by atoms with E-state index in [4.69, 9.17) is 4.74 Å². The molecule has 0 radical (unpaired) electrons. The Morgan fingerprint density at radius 3 is 2.41 bits per heavy atom. The summed E-state index contributed by atoms with van der Waals surface area (Å²) in [6, 6.07) is 14.2. The largest absolute Gasteiger partial charge is 0.444 e. The minimum atomic E-state index is -3.22. The highest BCUT2D eigenvalue weighted by atomic mass is 32.2. The summed E-state index contributed by atoms with van der Waals surface area (Å²) in [4.78, 5) is 35.1. The Balaban J connectivity index is 1.69. The molecule has 4 rings (SSSR count). The first-order valence-electron chi connectivity index (χ1n) is 14.0. The number of aryl methyl sites for hydroxylation is 1. The van der Waals surface area contributed by atoms with E-state index in [1.54, 1.807) is 20.8 Å². The lowest BCUT2D eigenvalue weighted by Crippen LogP contribution is -2.45. The number of benzene rings is 2. The van der Waals surface area contributed by atoms with Crippen molar-refractivity contribution < 1.29 is 22.7 Å². The molecule has 2 saturated heterocycles. The molecule has 2 aliphatic heterocycles. The second-order valence-corrected chi connectivity index (χ2v) is 14.8. The SMILES string of the molecule is CCN(CC)c1ccc(N2C(=NC(=O)[C@@H](Cc3ccccc3)NC(=O)OC(C)(C)C)S[C@@H]3CS(=O)(=O)C[C@H]32)c(C)c1. The van der Waals surface area contributed by atoms with Crippen LogP contribution in [0.3, 0.4) is 0 Å². The number of fused-ring (bicyclic) bond motifs is 1. The quantitative estimate of drug-likeness (QED) is 0.469. The molecule has 41 heavy (non-hydrogen) atoms. The van der Waals surface area contributed by atoms with Crippen LogP contribution >= 0.6 is 11.8 Å². The molecule has 2 fully saturated rings. The fraction of sp³-hybridized carbons (Fsp3) is 0.500. The Labute approximate surface area is 247 Å². The molecule has 0 saturated carbocycles. The minimum absolute atomic E-state index is 0.00127. The molecule has 2 amide bonds. The van der Waals surface area contributed by atoms with E-state index < -0.39 is 33.5 Å². The van der Waals surface area contributed by atoms with Crippen LogP contribution in [0.4, 0.5) is 16.2 Å². The Kier molecular flexibility index (Phi) is 9.38. The zero-order valence-corrected chi connectivity index (χ0v) is 26.2. The third kappa shape index (κ3) is 7.62. The smallest absolute Gasteiger partial charge is 0.408 e. The molecule has 0 aliphatic carbocycles. The lowest BCUT2D eigenvalue weighted by atomic mass is 10.1. The van der Waals surface area contributed by atoms with Gasteiger partial charge < -0.3 is 19.9 Å². The highest BCUT2D eigenvalue weighted by Crippen LogP contribution is 2.42. The van der Waals surface area contributed by atoms with Gasteiger partial charge in [-0.25, -0.2) is 13.2 Å². The van der Waals surface area contributed by atoms with Gasteiger partial charge in [0.25, 0.3) is 5.91 Å². The van der Waals surface area contributed by atoms with E-state index in [1.807, 2.05) is 54.3 Å². The molecule has 2 aromatic carbocycles. The first kappa shape index (κ1) is 30.9. The molecule has 0 unspecified atom stereocenters. The fourth-order valence-corrected chi connectivity index (χ4v) is 9.13. The number of amides is 2. The van der Waals surface area contributed by atoms with E-state index >= 15 is 0 Å². The summed E-state index contributed by atoms with van der Waals surface area (Å²) in [6.45, 7) is 13.2. The van der Waals surface area contributed by atoms with Gasteiger partial charge in [0.1, 0.15) is 11.6 Å². The van der Waals surface area contributed by atoms with Crippen molar-refractivity contribution in [2.24, 2.45) is 4.99 Å².